The van der Waals surface area contributed by atoms with Gasteiger partial charge >= 0.3 is 12.1 Å². The number of esters is 1. The predicted molar refractivity (Wildman–Crippen MR) is 69.2 cm³/mol. The average molecular weight is 257 g/mol. The van der Waals surface area contributed by atoms with Gasteiger partial charge in [-0.1, -0.05) is 26.8 Å². The van der Waals surface area contributed by atoms with E-state index in [9.17, 15) is 9.59 Å². The molecule has 0 aliphatic rings. The molecule has 1 amide bonds. The molecule has 0 bridgehead atoms. The van der Waals surface area contributed by atoms with Gasteiger partial charge in [0, 0.05) is 0 Å². The highest BCUT2D eigenvalue weighted by molar-refractivity contribution is 5.81. The minimum Gasteiger partial charge on any atom is -0.464 e. The van der Waals surface area contributed by atoms with Crippen molar-refractivity contribution in [2.24, 2.45) is 5.41 Å². The van der Waals surface area contributed by atoms with Crippen LogP contribution in [0.25, 0.3) is 0 Å². The minimum atomic E-state index is -0.741. The maximum Gasteiger partial charge on any atom is 0.407 e. The van der Waals surface area contributed by atoms with Gasteiger partial charge in [-0.05, 0) is 18.8 Å². The molecule has 0 spiro atoms. The van der Waals surface area contributed by atoms with E-state index in [4.69, 9.17) is 9.47 Å². The summed E-state index contributed by atoms with van der Waals surface area (Å²) in [4.78, 5) is 23.0. The third-order valence-corrected chi connectivity index (χ3v) is 1.90. The fraction of sp³-hybridized carbons (Fsp3) is 0.692. The van der Waals surface area contributed by atoms with Crippen molar-refractivity contribution in [2.45, 2.75) is 40.2 Å². The van der Waals surface area contributed by atoms with E-state index in [1.54, 1.807) is 13.0 Å². The molecular formula is C13H23NO4. The zero-order valence-corrected chi connectivity index (χ0v) is 11.6. The Bertz CT molecular complexity index is 294. The highest BCUT2D eigenvalue weighted by Gasteiger charge is 2.22. The molecule has 5 heteroatoms. The molecule has 0 fully saturated rings. The van der Waals surface area contributed by atoms with Gasteiger partial charge in [0.2, 0.25) is 0 Å². The highest BCUT2D eigenvalue weighted by atomic mass is 16.6. The molecule has 0 aromatic heterocycles. The number of ether oxygens (including phenoxy) is 2. The molecule has 0 aromatic rings. The first-order valence-corrected chi connectivity index (χ1v) is 6.01. The van der Waals surface area contributed by atoms with E-state index in [0.717, 1.165) is 0 Å². The van der Waals surface area contributed by atoms with Gasteiger partial charge in [0.1, 0.15) is 6.04 Å². The number of rotatable bonds is 6. The number of hydrogen-bond acceptors (Lipinski definition) is 4. The largest absolute Gasteiger partial charge is 0.464 e. The lowest BCUT2D eigenvalue weighted by Gasteiger charge is -2.20. The maximum absolute atomic E-state index is 11.5. The van der Waals surface area contributed by atoms with Crippen molar-refractivity contribution in [3.8, 4) is 0 Å². The molecule has 0 saturated carbocycles. The summed E-state index contributed by atoms with van der Waals surface area (Å²) in [6, 6.07) is -0.741. The third kappa shape index (κ3) is 7.70. The van der Waals surface area contributed by atoms with Crippen molar-refractivity contribution in [1.29, 1.82) is 0 Å². The first-order chi connectivity index (χ1) is 8.30. The monoisotopic (exact) mass is 257 g/mol. The summed E-state index contributed by atoms with van der Waals surface area (Å²) in [5.74, 6) is -0.481. The molecule has 0 aliphatic carbocycles. The van der Waals surface area contributed by atoms with E-state index in [1.165, 1.54) is 0 Å². The molecule has 0 aromatic carbocycles. The fourth-order valence-electron chi connectivity index (χ4n) is 1.09. The van der Waals surface area contributed by atoms with Crippen LogP contribution in [0, 0.1) is 5.41 Å². The van der Waals surface area contributed by atoms with Crippen molar-refractivity contribution < 1.29 is 19.1 Å². The molecule has 0 heterocycles. The predicted octanol–water partition coefficient (Wildman–Crippen LogP) is 2.27. The van der Waals surface area contributed by atoms with Gasteiger partial charge in [-0.3, -0.25) is 0 Å². The van der Waals surface area contributed by atoms with Crippen LogP contribution in [-0.4, -0.2) is 31.3 Å². The number of carbonyl (C=O) groups excluding carboxylic acids is 2. The Balaban J connectivity index is 4.27. The normalized spacial score (nSPS) is 12.4. The SMILES string of the molecule is C=CCC(NC(=O)OCC(C)(C)C)C(=O)OCC. The molecule has 1 N–H and O–H groups in total. The van der Waals surface area contributed by atoms with E-state index < -0.39 is 18.1 Å². The van der Waals surface area contributed by atoms with Crippen LogP contribution < -0.4 is 5.32 Å². The van der Waals surface area contributed by atoms with Crippen molar-refractivity contribution in [3.63, 3.8) is 0 Å². The number of alkyl carbamates (subject to hydrolysis) is 1. The summed E-state index contributed by atoms with van der Waals surface area (Å²) in [6.45, 7) is 11.6. The topological polar surface area (TPSA) is 64.6 Å². The van der Waals surface area contributed by atoms with Crippen LogP contribution in [0.2, 0.25) is 0 Å². The van der Waals surface area contributed by atoms with Crippen LogP contribution in [-0.2, 0) is 14.3 Å². The molecule has 0 saturated heterocycles. The number of hydrogen-bond donors (Lipinski definition) is 1. The van der Waals surface area contributed by atoms with Gasteiger partial charge in [-0.25, -0.2) is 9.59 Å². The van der Waals surface area contributed by atoms with Crippen LogP contribution in [0.1, 0.15) is 34.1 Å². The Kier molecular flexibility index (Phi) is 7.08. The van der Waals surface area contributed by atoms with Gasteiger partial charge in [-0.15, -0.1) is 6.58 Å². The molecule has 0 aliphatic heterocycles. The van der Waals surface area contributed by atoms with Gasteiger partial charge in [0.25, 0.3) is 0 Å². The Morgan fingerprint density at radius 3 is 2.39 bits per heavy atom. The van der Waals surface area contributed by atoms with Crippen molar-refractivity contribution in [2.75, 3.05) is 13.2 Å². The second-order valence-electron chi connectivity index (χ2n) is 5.11. The second-order valence-corrected chi connectivity index (χ2v) is 5.11. The van der Waals surface area contributed by atoms with Crippen LogP contribution in [0.3, 0.4) is 0 Å². The van der Waals surface area contributed by atoms with Gasteiger partial charge in [0.05, 0.1) is 13.2 Å². The molecule has 104 valence electrons. The van der Waals surface area contributed by atoms with Crippen LogP contribution in [0.5, 0.6) is 0 Å². The summed E-state index contributed by atoms with van der Waals surface area (Å²) >= 11 is 0. The Hall–Kier alpha value is -1.52. The van der Waals surface area contributed by atoms with E-state index >= 15 is 0 Å². The minimum absolute atomic E-state index is 0.116. The summed E-state index contributed by atoms with van der Waals surface area (Å²) < 4.78 is 9.87. The Morgan fingerprint density at radius 2 is 1.94 bits per heavy atom. The van der Waals surface area contributed by atoms with Gasteiger partial charge < -0.3 is 14.8 Å². The number of amides is 1. The zero-order valence-electron chi connectivity index (χ0n) is 11.6. The van der Waals surface area contributed by atoms with Gasteiger partial charge in [-0.2, -0.15) is 0 Å². The summed E-state index contributed by atoms with van der Waals surface area (Å²) in [5, 5.41) is 2.47. The summed E-state index contributed by atoms with van der Waals surface area (Å²) in [7, 11) is 0. The van der Waals surface area contributed by atoms with E-state index in [1.807, 2.05) is 20.8 Å². The Labute approximate surface area is 109 Å². The molecule has 0 radical (unpaired) electrons. The van der Waals surface area contributed by atoms with Crippen molar-refractivity contribution in [3.05, 3.63) is 12.7 Å². The van der Waals surface area contributed by atoms with Crippen LogP contribution >= 0.6 is 0 Å². The lowest BCUT2D eigenvalue weighted by molar-refractivity contribution is -0.145. The average Bonchev–Trinajstić information content (AvgIpc) is 2.25. The van der Waals surface area contributed by atoms with Crippen molar-refractivity contribution in [1.82, 2.24) is 5.32 Å². The van der Waals surface area contributed by atoms with Crippen LogP contribution in [0.4, 0.5) is 4.79 Å². The van der Waals surface area contributed by atoms with E-state index in [0.29, 0.717) is 6.42 Å². The Morgan fingerprint density at radius 1 is 1.33 bits per heavy atom. The standard InChI is InChI=1S/C13H23NO4/c1-6-8-10(11(15)17-7-2)14-12(16)18-9-13(3,4)5/h6,10H,1,7-9H2,2-5H3,(H,14,16). The maximum atomic E-state index is 11.5. The molecule has 0 rings (SSSR count). The third-order valence-electron chi connectivity index (χ3n) is 1.90. The first kappa shape index (κ1) is 16.5. The molecule has 1 unspecified atom stereocenters. The lowest BCUT2D eigenvalue weighted by Crippen LogP contribution is -2.42. The fourth-order valence-corrected chi connectivity index (χ4v) is 1.09. The lowest BCUT2D eigenvalue weighted by atomic mass is 9.99. The van der Waals surface area contributed by atoms with Gasteiger partial charge in [0.15, 0.2) is 0 Å². The molecular weight excluding hydrogens is 234 g/mol. The summed E-state index contributed by atoms with van der Waals surface area (Å²) in [6.07, 6.45) is 1.24. The summed E-state index contributed by atoms with van der Waals surface area (Å²) in [5.41, 5.74) is -0.116. The van der Waals surface area contributed by atoms with Crippen LogP contribution in [0.15, 0.2) is 12.7 Å². The first-order valence-electron chi connectivity index (χ1n) is 6.01. The van der Waals surface area contributed by atoms with E-state index in [-0.39, 0.29) is 18.6 Å². The quantitative estimate of drug-likeness (QED) is 0.585. The molecule has 5 nitrogen and oxygen atoms in total. The number of carbonyl (C=O) groups is 2. The number of nitrogens with one attached hydrogen (secondary N) is 1. The molecule has 1 atom stereocenters. The second kappa shape index (κ2) is 7.74. The zero-order chi connectivity index (χ0) is 14.2. The highest BCUT2D eigenvalue weighted by Crippen LogP contribution is 2.12. The smallest absolute Gasteiger partial charge is 0.407 e. The van der Waals surface area contributed by atoms with E-state index in [2.05, 4.69) is 11.9 Å². The van der Waals surface area contributed by atoms with Crippen molar-refractivity contribution >= 4 is 12.1 Å². The molecule has 18 heavy (non-hydrogen) atoms.